The number of ether oxygens (including phenoxy) is 1. The molecule has 0 bridgehead atoms. The maximum atomic E-state index is 12.2. The van der Waals surface area contributed by atoms with Crippen LogP contribution in [0.3, 0.4) is 0 Å². The largest absolute Gasteiger partial charge is 0.482 e. The predicted molar refractivity (Wildman–Crippen MR) is 94.3 cm³/mol. The fourth-order valence-corrected chi connectivity index (χ4v) is 3.27. The molecular formula is C18H20ClNO5. The number of halogens is 1. The van der Waals surface area contributed by atoms with Crippen LogP contribution in [0.5, 0.6) is 5.75 Å². The zero-order chi connectivity index (χ0) is 17.8. The molecule has 1 aliphatic rings. The Kier molecular flexibility index (Phi) is 5.60. The molecule has 1 heterocycles. The molecule has 25 heavy (non-hydrogen) atoms. The molecule has 0 aliphatic heterocycles. The Morgan fingerprint density at radius 1 is 1.28 bits per heavy atom. The third kappa shape index (κ3) is 3.96. The van der Waals surface area contributed by atoms with Crippen molar-refractivity contribution in [2.45, 2.75) is 32.1 Å². The van der Waals surface area contributed by atoms with Gasteiger partial charge in [-0.3, -0.25) is 4.79 Å². The second kappa shape index (κ2) is 7.89. The molecule has 1 amide bonds. The van der Waals surface area contributed by atoms with Crippen molar-refractivity contribution in [3.63, 3.8) is 0 Å². The van der Waals surface area contributed by atoms with Gasteiger partial charge in [0, 0.05) is 30.2 Å². The minimum Gasteiger partial charge on any atom is -0.482 e. The number of benzene rings is 1. The summed E-state index contributed by atoms with van der Waals surface area (Å²) >= 11 is 6.29. The maximum absolute atomic E-state index is 12.2. The molecule has 2 aromatic rings. The summed E-state index contributed by atoms with van der Waals surface area (Å²) in [6.07, 6.45) is 4.08. The smallest absolute Gasteiger partial charge is 0.339 e. The summed E-state index contributed by atoms with van der Waals surface area (Å²) in [5, 5.41) is 12.5. The first-order chi connectivity index (χ1) is 12.1. The highest BCUT2D eigenvalue weighted by molar-refractivity contribution is 6.32. The second-order valence-corrected chi connectivity index (χ2v) is 6.46. The molecule has 1 aliphatic carbocycles. The average Bonchev–Trinajstić information content (AvgIpc) is 2.61. The normalized spacial score (nSPS) is 13.5. The van der Waals surface area contributed by atoms with Crippen LogP contribution in [0.1, 0.15) is 30.4 Å². The van der Waals surface area contributed by atoms with Gasteiger partial charge in [0.2, 0.25) is 0 Å². The Hall–Kier alpha value is -2.05. The second-order valence-electron chi connectivity index (χ2n) is 6.05. The van der Waals surface area contributed by atoms with Gasteiger partial charge < -0.3 is 19.6 Å². The van der Waals surface area contributed by atoms with Crippen molar-refractivity contribution >= 4 is 28.5 Å². The lowest BCUT2D eigenvalue weighted by Crippen LogP contribution is -2.30. The number of aryl methyl sites for hydroxylation is 1. The first-order valence-electron chi connectivity index (χ1n) is 8.38. The number of hydrogen-bond acceptors (Lipinski definition) is 5. The van der Waals surface area contributed by atoms with Gasteiger partial charge in [-0.15, -0.1) is 0 Å². The quantitative estimate of drug-likeness (QED) is 0.605. The van der Waals surface area contributed by atoms with E-state index in [-0.39, 0.29) is 24.7 Å². The zero-order valence-corrected chi connectivity index (χ0v) is 14.5. The van der Waals surface area contributed by atoms with Crippen molar-refractivity contribution in [3.8, 4) is 5.75 Å². The highest BCUT2D eigenvalue weighted by atomic mass is 35.5. The first-order valence-corrected chi connectivity index (χ1v) is 8.76. The minimum atomic E-state index is -0.309. The average molecular weight is 366 g/mol. The van der Waals surface area contributed by atoms with E-state index in [1.54, 1.807) is 12.1 Å². The molecule has 0 radical (unpaired) electrons. The van der Waals surface area contributed by atoms with E-state index in [4.69, 9.17) is 25.9 Å². The van der Waals surface area contributed by atoms with Crippen LogP contribution < -0.4 is 15.7 Å². The van der Waals surface area contributed by atoms with Crippen LogP contribution in [-0.2, 0) is 17.6 Å². The van der Waals surface area contributed by atoms with E-state index in [0.717, 1.165) is 42.2 Å². The van der Waals surface area contributed by atoms with E-state index in [9.17, 15) is 9.59 Å². The maximum Gasteiger partial charge on any atom is 0.339 e. The van der Waals surface area contributed by atoms with Crippen molar-refractivity contribution in [2.75, 3.05) is 19.8 Å². The van der Waals surface area contributed by atoms with E-state index in [1.807, 2.05) is 0 Å². The molecule has 1 aromatic carbocycles. The van der Waals surface area contributed by atoms with Crippen LogP contribution in [0.4, 0.5) is 0 Å². The SMILES string of the molecule is O=C(COc1cc2oc(=O)c3c(c2cc1Cl)CCCC3)NCCCO. The van der Waals surface area contributed by atoms with E-state index < -0.39 is 0 Å². The van der Waals surface area contributed by atoms with Crippen molar-refractivity contribution in [3.05, 3.63) is 38.7 Å². The van der Waals surface area contributed by atoms with E-state index in [1.165, 1.54) is 0 Å². The first kappa shape index (κ1) is 17.8. The Morgan fingerprint density at radius 2 is 2.04 bits per heavy atom. The van der Waals surface area contributed by atoms with Crippen molar-refractivity contribution < 1.29 is 19.1 Å². The Bertz CT molecular complexity index is 845. The molecule has 0 fully saturated rings. The molecule has 3 rings (SSSR count). The molecule has 134 valence electrons. The number of carbonyl (C=O) groups excluding carboxylic acids is 1. The van der Waals surface area contributed by atoms with Gasteiger partial charge in [0.1, 0.15) is 11.3 Å². The number of aliphatic hydroxyl groups excluding tert-OH is 1. The number of nitrogens with one attached hydrogen (secondary N) is 1. The molecule has 0 saturated heterocycles. The van der Waals surface area contributed by atoms with E-state index in [2.05, 4.69) is 5.32 Å². The molecular weight excluding hydrogens is 346 g/mol. The van der Waals surface area contributed by atoms with E-state index >= 15 is 0 Å². The topological polar surface area (TPSA) is 88.8 Å². The van der Waals surface area contributed by atoms with Gasteiger partial charge in [-0.1, -0.05) is 11.6 Å². The Morgan fingerprint density at radius 3 is 2.80 bits per heavy atom. The van der Waals surface area contributed by atoms with Crippen LogP contribution in [0.25, 0.3) is 11.0 Å². The fraction of sp³-hybridized carbons (Fsp3) is 0.444. The van der Waals surface area contributed by atoms with Gasteiger partial charge in [-0.2, -0.15) is 0 Å². The summed E-state index contributed by atoms with van der Waals surface area (Å²) in [4.78, 5) is 23.8. The Balaban J connectivity index is 1.82. The molecule has 7 heteroatoms. The highest BCUT2D eigenvalue weighted by Crippen LogP contribution is 2.34. The molecule has 0 spiro atoms. The van der Waals surface area contributed by atoms with E-state index in [0.29, 0.717) is 29.3 Å². The predicted octanol–water partition coefficient (Wildman–Crippen LogP) is 2.20. The van der Waals surface area contributed by atoms with Gasteiger partial charge in [-0.25, -0.2) is 4.79 Å². The number of amides is 1. The molecule has 2 N–H and O–H groups in total. The lowest BCUT2D eigenvalue weighted by atomic mass is 9.91. The van der Waals surface area contributed by atoms with Crippen molar-refractivity contribution in [1.82, 2.24) is 5.32 Å². The molecule has 0 unspecified atom stereocenters. The van der Waals surface area contributed by atoms with Gasteiger partial charge >= 0.3 is 5.63 Å². The lowest BCUT2D eigenvalue weighted by Gasteiger charge is -2.17. The van der Waals surface area contributed by atoms with Crippen LogP contribution in [0.2, 0.25) is 5.02 Å². The number of aliphatic hydroxyl groups is 1. The summed E-state index contributed by atoms with van der Waals surface area (Å²) in [6.45, 7) is 0.192. The van der Waals surface area contributed by atoms with Crippen LogP contribution in [0.15, 0.2) is 21.3 Å². The van der Waals surface area contributed by atoms with Crippen LogP contribution in [-0.4, -0.2) is 30.8 Å². The molecule has 0 atom stereocenters. The van der Waals surface area contributed by atoms with Crippen LogP contribution in [0, 0.1) is 0 Å². The number of carbonyl (C=O) groups is 1. The third-order valence-corrected chi connectivity index (χ3v) is 4.59. The van der Waals surface area contributed by atoms with Gasteiger partial charge in [0.05, 0.1) is 5.02 Å². The number of fused-ring (bicyclic) bond motifs is 3. The minimum absolute atomic E-state index is 0.0149. The fourth-order valence-electron chi connectivity index (χ4n) is 3.06. The lowest BCUT2D eigenvalue weighted by molar-refractivity contribution is -0.123. The molecule has 6 nitrogen and oxygen atoms in total. The summed E-state index contributed by atoms with van der Waals surface area (Å²) in [5.41, 5.74) is 1.86. The summed E-state index contributed by atoms with van der Waals surface area (Å²) in [7, 11) is 0. The van der Waals surface area contributed by atoms with Gasteiger partial charge in [0.15, 0.2) is 6.61 Å². The van der Waals surface area contributed by atoms with Crippen molar-refractivity contribution in [2.24, 2.45) is 0 Å². The molecule has 1 aromatic heterocycles. The van der Waals surface area contributed by atoms with Gasteiger partial charge in [-0.05, 0) is 43.7 Å². The monoisotopic (exact) mass is 365 g/mol. The summed E-state index contributed by atoms with van der Waals surface area (Å²) in [5.74, 6) is -0.0121. The number of hydrogen-bond donors (Lipinski definition) is 2. The standard InChI is InChI=1S/C18H20ClNO5/c19-14-8-13-11-4-1-2-5-12(11)18(23)25-15(13)9-16(14)24-10-17(22)20-6-3-7-21/h8-9,21H,1-7,10H2,(H,20,22). The summed E-state index contributed by atoms with van der Waals surface area (Å²) in [6, 6.07) is 3.30. The van der Waals surface area contributed by atoms with Crippen molar-refractivity contribution in [1.29, 1.82) is 0 Å². The highest BCUT2D eigenvalue weighted by Gasteiger charge is 2.19. The molecule has 0 saturated carbocycles. The third-order valence-electron chi connectivity index (χ3n) is 4.29. The Labute approximate surface area is 149 Å². The van der Waals surface area contributed by atoms with Gasteiger partial charge in [0.25, 0.3) is 5.91 Å². The zero-order valence-electron chi connectivity index (χ0n) is 13.8. The number of rotatable bonds is 6. The van der Waals surface area contributed by atoms with Crippen LogP contribution >= 0.6 is 11.6 Å². The summed E-state index contributed by atoms with van der Waals surface area (Å²) < 4.78 is 10.9.